The van der Waals surface area contributed by atoms with Gasteiger partial charge in [0.1, 0.15) is 0 Å². The Balaban J connectivity index is 1.82. The molecule has 124 valence electrons. The fourth-order valence-corrected chi connectivity index (χ4v) is 2.24. The van der Waals surface area contributed by atoms with Crippen molar-refractivity contribution in [2.75, 3.05) is 6.54 Å². The normalized spacial score (nSPS) is 12.1. The Labute approximate surface area is 144 Å². The Bertz CT molecular complexity index is 768. The van der Waals surface area contributed by atoms with Crippen molar-refractivity contribution in [2.45, 2.75) is 20.3 Å². The van der Waals surface area contributed by atoms with E-state index >= 15 is 0 Å². The van der Waals surface area contributed by atoms with E-state index in [1.807, 2.05) is 32.1 Å². The van der Waals surface area contributed by atoms with Gasteiger partial charge in [0.25, 0.3) is 0 Å². The van der Waals surface area contributed by atoms with Crippen LogP contribution in [0.25, 0.3) is 10.8 Å². The molecule has 0 bridgehead atoms. The molecule has 0 aliphatic rings. The van der Waals surface area contributed by atoms with Crippen molar-refractivity contribution in [1.82, 2.24) is 5.32 Å². The van der Waals surface area contributed by atoms with Crippen LogP contribution in [0.15, 0.2) is 79.4 Å². The molecule has 0 aliphatic heterocycles. The second kappa shape index (κ2) is 8.30. The van der Waals surface area contributed by atoms with Crippen LogP contribution in [0.4, 0.5) is 0 Å². The molecule has 0 heterocycles. The minimum Gasteiger partial charge on any atom is -0.352 e. The first-order valence-electron chi connectivity index (χ1n) is 8.22. The SMILES string of the molecule is C=CC(C)(C)CNC(=O)/C=C/C=C/Cc1ccc2ccccc2c1. The molecule has 1 N–H and O–H groups in total. The molecule has 2 aromatic carbocycles. The summed E-state index contributed by atoms with van der Waals surface area (Å²) < 4.78 is 0. The number of carbonyl (C=O) groups is 1. The molecule has 0 saturated heterocycles. The lowest BCUT2D eigenvalue weighted by molar-refractivity contribution is -0.116. The largest absolute Gasteiger partial charge is 0.352 e. The first kappa shape index (κ1) is 17.7. The molecule has 2 aromatic rings. The number of hydrogen-bond acceptors (Lipinski definition) is 1. The Morgan fingerprint density at radius 2 is 1.88 bits per heavy atom. The third-order valence-corrected chi connectivity index (χ3v) is 3.93. The highest BCUT2D eigenvalue weighted by Gasteiger charge is 2.12. The molecule has 2 rings (SSSR count). The van der Waals surface area contributed by atoms with Crippen LogP contribution in [0, 0.1) is 5.41 Å². The zero-order valence-electron chi connectivity index (χ0n) is 14.5. The molecule has 2 nitrogen and oxygen atoms in total. The van der Waals surface area contributed by atoms with E-state index in [2.05, 4.69) is 54.4 Å². The van der Waals surface area contributed by atoms with Crippen LogP contribution in [0.5, 0.6) is 0 Å². The molecule has 2 heteroatoms. The van der Waals surface area contributed by atoms with Gasteiger partial charge in [-0.05, 0) is 28.2 Å². The summed E-state index contributed by atoms with van der Waals surface area (Å²) in [5.41, 5.74) is 1.17. The zero-order chi connectivity index (χ0) is 17.4. The van der Waals surface area contributed by atoms with Crippen molar-refractivity contribution >= 4 is 16.7 Å². The molecule has 0 aromatic heterocycles. The highest BCUT2D eigenvalue weighted by molar-refractivity contribution is 5.87. The lowest BCUT2D eigenvalue weighted by Crippen LogP contribution is -2.31. The van der Waals surface area contributed by atoms with Gasteiger partial charge < -0.3 is 5.32 Å². The van der Waals surface area contributed by atoms with Crippen molar-refractivity contribution in [2.24, 2.45) is 5.41 Å². The number of amides is 1. The average molecular weight is 319 g/mol. The molecular formula is C22H25NO. The van der Waals surface area contributed by atoms with Gasteiger partial charge in [-0.2, -0.15) is 0 Å². The highest BCUT2D eigenvalue weighted by Crippen LogP contribution is 2.16. The van der Waals surface area contributed by atoms with E-state index in [4.69, 9.17) is 0 Å². The quantitative estimate of drug-likeness (QED) is 0.442. The standard InChI is InChI=1S/C22H25NO/c1-4-22(2,3)17-23-21(24)13-7-5-6-10-18-14-15-19-11-8-9-12-20(19)16-18/h4-9,11-16H,1,10,17H2,2-3H3,(H,23,24)/b6-5+,13-7+. The van der Waals surface area contributed by atoms with Crippen molar-refractivity contribution < 1.29 is 4.79 Å². The summed E-state index contributed by atoms with van der Waals surface area (Å²) in [7, 11) is 0. The smallest absolute Gasteiger partial charge is 0.244 e. The summed E-state index contributed by atoms with van der Waals surface area (Å²) in [5, 5.41) is 5.38. The number of fused-ring (bicyclic) bond motifs is 1. The van der Waals surface area contributed by atoms with E-state index in [1.165, 1.54) is 16.3 Å². The first-order chi connectivity index (χ1) is 11.5. The fourth-order valence-electron chi connectivity index (χ4n) is 2.24. The Kier molecular flexibility index (Phi) is 6.14. The molecular weight excluding hydrogens is 294 g/mol. The Morgan fingerprint density at radius 3 is 2.62 bits per heavy atom. The molecule has 0 atom stereocenters. The van der Waals surface area contributed by atoms with Gasteiger partial charge in [-0.25, -0.2) is 0 Å². The summed E-state index contributed by atoms with van der Waals surface area (Å²) >= 11 is 0. The lowest BCUT2D eigenvalue weighted by atomic mass is 9.94. The van der Waals surface area contributed by atoms with E-state index in [0.717, 1.165) is 6.42 Å². The number of nitrogens with one attached hydrogen (secondary N) is 1. The Morgan fingerprint density at radius 1 is 1.12 bits per heavy atom. The maximum absolute atomic E-state index is 11.7. The summed E-state index contributed by atoms with van der Waals surface area (Å²) in [5.74, 6) is -0.0831. The second-order valence-electron chi connectivity index (χ2n) is 6.58. The minimum atomic E-state index is -0.0879. The molecule has 0 unspecified atom stereocenters. The third kappa shape index (κ3) is 5.54. The van der Waals surface area contributed by atoms with Gasteiger partial charge in [0.2, 0.25) is 5.91 Å². The molecule has 0 saturated carbocycles. The highest BCUT2D eigenvalue weighted by atomic mass is 16.1. The average Bonchev–Trinajstić information content (AvgIpc) is 2.59. The molecule has 0 fully saturated rings. The van der Waals surface area contributed by atoms with E-state index in [1.54, 1.807) is 12.2 Å². The number of hydrogen-bond donors (Lipinski definition) is 1. The van der Waals surface area contributed by atoms with E-state index in [0.29, 0.717) is 6.54 Å². The molecule has 0 aliphatic carbocycles. The van der Waals surface area contributed by atoms with Crippen molar-refractivity contribution in [3.8, 4) is 0 Å². The van der Waals surface area contributed by atoms with Crippen molar-refractivity contribution in [3.05, 3.63) is 85.0 Å². The topological polar surface area (TPSA) is 29.1 Å². The van der Waals surface area contributed by atoms with Crippen LogP contribution in [0.3, 0.4) is 0 Å². The van der Waals surface area contributed by atoms with Gasteiger partial charge in [-0.1, -0.05) is 80.6 Å². The molecule has 24 heavy (non-hydrogen) atoms. The summed E-state index contributed by atoms with van der Waals surface area (Å²) in [6, 6.07) is 14.8. The van der Waals surface area contributed by atoms with Gasteiger partial charge in [0.05, 0.1) is 0 Å². The van der Waals surface area contributed by atoms with E-state index < -0.39 is 0 Å². The number of benzene rings is 2. The van der Waals surface area contributed by atoms with Crippen LogP contribution >= 0.6 is 0 Å². The number of allylic oxidation sites excluding steroid dienone is 3. The van der Waals surface area contributed by atoms with Gasteiger partial charge in [0.15, 0.2) is 0 Å². The van der Waals surface area contributed by atoms with Crippen molar-refractivity contribution in [3.63, 3.8) is 0 Å². The fraction of sp³-hybridized carbons (Fsp3) is 0.227. The van der Waals surface area contributed by atoms with Gasteiger partial charge in [0, 0.05) is 12.6 Å². The van der Waals surface area contributed by atoms with Crippen LogP contribution in [0.1, 0.15) is 19.4 Å². The maximum atomic E-state index is 11.7. The van der Waals surface area contributed by atoms with Gasteiger partial charge >= 0.3 is 0 Å². The Hall–Kier alpha value is -2.61. The third-order valence-electron chi connectivity index (χ3n) is 3.93. The van der Waals surface area contributed by atoms with Crippen molar-refractivity contribution in [1.29, 1.82) is 0 Å². The van der Waals surface area contributed by atoms with Crippen LogP contribution in [0.2, 0.25) is 0 Å². The van der Waals surface area contributed by atoms with Crippen LogP contribution < -0.4 is 5.32 Å². The minimum absolute atomic E-state index is 0.0831. The predicted molar refractivity (Wildman–Crippen MR) is 103 cm³/mol. The van der Waals surface area contributed by atoms with Crippen LogP contribution in [-0.2, 0) is 11.2 Å². The van der Waals surface area contributed by atoms with E-state index in [9.17, 15) is 4.79 Å². The second-order valence-corrected chi connectivity index (χ2v) is 6.58. The molecule has 0 radical (unpaired) electrons. The summed E-state index contributed by atoms with van der Waals surface area (Å²) in [6.45, 7) is 8.42. The lowest BCUT2D eigenvalue weighted by Gasteiger charge is -2.19. The molecule has 0 spiro atoms. The van der Waals surface area contributed by atoms with Gasteiger partial charge in [-0.3, -0.25) is 4.79 Å². The zero-order valence-corrected chi connectivity index (χ0v) is 14.5. The predicted octanol–water partition coefficient (Wildman–Crippen LogP) is 4.82. The number of carbonyl (C=O) groups excluding carboxylic acids is 1. The van der Waals surface area contributed by atoms with Gasteiger partial charge in [-0.15, -0.1) is 6.58 Å². The summed E-state index contributed by atoms with van der Waals surface area (Å²) in [6.07, 6.45) is 9.99. The first-order valence-corrected chi connectivity index (χ1v) is 8.22. The maximum Gasteiger partial charge on any atom is 0.244 e. The summed E-state index contributed by atoms with van der Waals surface area (Å²) in [4.78, 5) is 11.7. The molecule has 1 amide bonds. The monoisotopic (exact) mass is 319 g/mol. The number of rotatable bonds is 7. The van der Waals surface area contributed by atoms with Crippen LogP contribution in [-0.4, -0.2) is 12.5 Å². The van der Waals surface area contributed by atoms with E-state index in [-0.39, 0.29) is 11.3 Å².